The van der Waals surface area contributed by atoms with Crippen molar-refractivity contribution in [1.29, 1.82) is 0 Å². The number of nitrogens with zero attached hydrogens (tertiary/aromatic N) is 3. The van der Waals surface area contributed by atoms with Gasteiger partial charge < -0.3 is 14.5 Å². The monoisotopic (exact) mass is 544 g/mol. The predicted molar refractivity (Wildman–Crippen MR) is 141 cm³/mol. The van der Waals surface area contributed by atoms with Gasteiger partial charge in [-0.2, -0.15) is 13.9 Å². The minimum atomic E-state index is -2.83. The Morgan fingerprint density at radius 1 is 1.21 bits per heavy atom. The summed E-state index contributed by atoms with van der Waals surface area (Å²) in [6, 6.07) is 6.24. The molecule has 200 valence electrons. The van der Waals surface area contributed by atoms with E-state index in [0.29, 0.717) is 21.3 Å². The normalized spacial score (nSPS) is 12.7. The second kappa shape index (κ2) is 10.2. The summed E-state index contributed by atoms with van der Waals surface area (Å²) in [5, 5.41) is 7.38. The summed E-state index contributed by atoms with van der Waals surface area (Å²) in [7, 11) is 0. The molecule has 3 aromatic heterocycles. The number of anilines is 1. The number of pyridine rings is 1. The quantitative estimate of drug-likeness (QED) is 0.209. The van der Waals surface area contributed by atoms with E-state index in [1.807, 2.05) is 19.9 Å². The van der Waals surface area contributed by atoms with Crippen LogP contribution < -0.4 is 10.7 Å². The molecular formula is C27H27ClF2N4O4. The van der Waals surface area contributed by atoms with E-state index in [2.05, 4.69) is 15.4 Å². The molecule has 4 rings (SSSR count). The van der Waals surface area contributed by atoms with E-state index in [1.54, 1.807) is 45.9 Å². The third kappa shape index (κ3) is 5.55. The molecule has 3 heterocycles. The number of benzene rings is 1. The van der Waals surface area contributed by atoms with Gasteiger partial charge in [0.2, 0.25) is 0 Å². The number of esters is 1. The summed E-state index contributed by atoms with van der Waals surface area (Å²) >= 11 is 6.06. The van der Waals surface area contributed by atoms with Crippen molar-refractivity contribution in [3.63, 3.8) is 0 Å². The molecule has 0 fully saturated rings. The number of aromatic nitrogens is 3. The van der Waals surface area contributed by atoms with Crippen LogP contribution in [0.4, 0.5) is 14.5 Å². The maximum atomic E-state index is 13.3. The standard InChI is InChI=1S/C27H27ClF2N4O4/c1-13-9-17(15(3)32-19-7-8-20(28)33-21(19)25(36)38-27(4,5)6)24-18(10-13)22(35)14(2)23(37-24)16-11-31-34(12-16)26(29)30/h7-12,15,26,32H,1-6H3/t15-/m1/s1. The Bertz CT molecular complexity index is 1590. The van der Waals surface area contributed by atoms with Crippen molar-refractivity contribution in [2.45, 2.75) is 59.7 Å². The van der Waals surface area contributed by atoms with Crippen molar-refractivity contribution in [3.8, 4) is 11.3 Å². The number of hydrogen-bond donors (Lipinski definition) is 1. The number of nitrogens with one attached hydrogen (secondary N) is 1. The maximum absolute atomic E-state index is 13.3. The average Bonchev–Trinajstić information content (AvgIpc) is 3.31. The van der Waals surface area contributed by atoms with Crippen LogP contribution in [0, 0.1) is 13.8 Å². The van der Waals surface area contributed by atoms with Gasteiger partial charge in [-0.05, 0) is 65.3 Å². The van der Waals surface area contributed by atoms with E-state index in [1.165, 1.54) is 6.20 Å². The summed E-state index contributed by atoms with van der Waals surface area (Å²) < 4.78 is 38.4. The Kier molecular flexibility index (Phi) is 7.29. The number of carbonyl (C=O) groups excluding carboxylic acids is 1. The van der Waals surface area contributed by atoms with Gasteiger partial charge in [0.15, 0.2) is 11.1 Å². The van der Waals surface area contributed by atoms with Crippen LogP contribution in [0.3, 0.4) is 0 Å². The Hall–Kier alpha value is -3.79. The molecule has 4 aromatic rings. The van der Waals surface area contributed by atoms with E-state index < -0.39 is 24.2 Å². The Morgan fingerprint density at radius 3 is 2.55 bits per heavy atom. The molecule has 0 aliphatic heterocycles. The zero-order valence-corrected chi connectivity index (χ0v) is 22.5. The van der Waals surface area contributed by atoms with E-state index in [-0.39, 0.29) is 38.7 Å². The van der Waals surface area contributed by atoms with Crippen LogP contribution in [0.5, 0.6) is 0 Å². The van der Waals surface area contributed by atoms with Crippen molar-refractivity contribution >= 4 is 34.2 Å². The van der Waals surface area contributed by atoms with E-state index >= 15 is 0 Å². The van der Waals surface area contributed by atoms with Crippen LogP contribution in [0.25, 0.3) is 22.3 Å². The number of alkyl halides is 2. The highest BCUT2D eigenvalue weighted by molar-refractivity contribution is 6.29. The zero-order chi connectivity index (χ0) is 27.9. The van der Waals surface area contributed by atoms with Gasteiger partial charge in [0.25, 0.3) is 0 Å². The SMILES string of the molecule is Cc1cc([C@@H](C)Nc2ccc(Cl)nc2C(=O)OC(C)(C)C)c2oc(-c3cnn(C(F)F)c3)c(C)c(=O)c2c1. The van der Waals surface area contributed by atoms with E-state index in [4.69, 9.17) is 20.8 Å². The van der Waals surface area contributed by atoms with Crippen molar-refractivity contribution in [2.24, 2.45) is 0 Å². The molecular weight excluding hydrogens is 518 g/mol. The lowest BCUT2D eigenvalue weighted by Gasteiger charge is -2.22. The molecule has 1 N–H and O–H groups in total. The van der Waals surface area contributed by atoms with Gasteiger partial charge in [0, 0.05) is 17.3 Å². The predicted octanol–water partition coefficient (Wildman–Crippen LogP) is 6.85. The number of halogens is 3. The fraction of sp³-hybridized carbons (Fsp3) is 0.333. The molecule has 0 unspecified atom stereocenters. The van der Waals surface area contributed by atoms with E-state index in [9.17, 15) is 18.4 Å². The molecule has 0 aliphatic carbocycles. The van der Waals surface area contributed by atoms with E-state index in [0.717, 1.165) is 11.8 Å². The van der Waals surface area contributed by atoms with Crippen molar-refractivity contribution < 1.29 is 22.7 Å². The number of hydrogen-bond acceptors (Lipinski definition) is 7. The molecule has 1 aromatic carbocycles. The first kappa shape index (κ1) is 27.3. The Labute approximate surface area is 222 Å². The second-order valence-electron chi connectivity index (χ2n) is 10.0. The number of ether oxygens (including phenoxy) is 1. The van der Waals surface area contributed by atoms with Gasteiger partial charge in [-0.3, -0.25) is 4.79 Å². The molecule has 0 radical (unpaired) electrons. The minimum absolute atomic E-state index is 0.00799. The highest BCUT2D eigenvalue weighted by Gasteiger charge is 2.25. The summed E-state index contributed by atoms with van der Waals surface area (Å²) in [5.74, 6) is -0.501. The highest BCUT2D eigenvalue weighted by Crippen LogP contribution is 2.33. The summed E-state index contributed by atoms with van der Waals surface area (Å²) in [4.78, 5) is 30.3. The lowest BCUT2D eigenvalue weighted by molar-refractivity contribution is 0.00639. The first-order chi connectivity index (χ1) is 17.7. The van der Waals surface area contributed by atoms with Crippen LogP contribution in [-0.4, -0.2) is 26.3 Å². The van der Waals surface area contributed by atoms with Crippen LogP contribution in [0.1, 0.15) is 67.5 Å². The average molecular weight is 545 g/mol. The summed E-state index contributed by atoms with van der Waals surface area (Å²) in [6.45, 7) is 7.67. The third-order valence-corrected chi connectivity index (χ3v) is 5.96. The van der Waals surface area contributed by atoms with Gasteiger partial charge >= 0.3 is 12.5 Å². The third-order valence-electron chi connectivity index (χ3n) is 5.75. The fourth-order valence-electron chi connectivity index (χ4n) is 4.07. The first-order valence-electron chi connectivity index (χ1n) is 11.8. The molecule has 8 nitrogen and oxygen atoms in total. The lowest BCUT2D eigenvalue weighted by Crippen LogP contribution is -2.25. The number of aryl methyl sites for hydroxylation is 1. The Balaban J connectivity index is 1.82. The number of rotatable bonds is 6. The van der Waals surface area contributed by atoms with Gasteiger partial charge in [-0.1, -0.05) is 17.7 Å². The second-order valence-corrected chi connectivity index (χ2v) is 10.4. The summed E-state index contributed by atoms with van der Waals surface area (Å²) in [5.41, 5.74) is 1.59. The zero-order valence-electron chi connectivity index (χ0n) is 21.7. The van der Waals surface area contributed by atoms with Crippen molar-refractivity contribution in [2.75, 3.05) is 5.32 Å². The van der Waals surface area contributed by atoms with Crippen LogP contribution in [-0.2, 0) is 4.74 Å². The molecule has 0 aliphatic rings. The largest absolute Gasteiger partial charge is 0.455 e. The molecule has 0 saturated heterocycles. The molecule has 11 heteroatoms. The van der Waals surface area contributed by atoms with Crippen LogP contribution >= 0.6 is 11.6 Å². The molecule has 0 bridgehead atoms. The lowest BCUT2D eigenvalue weighted by atomic mass is 9.99. The fourth-order valence-corrected chi connectivity index (χ4v) is 4.22. The summed E-state index contributed by atoms with van der Waals surface area (Å²) in [6.07, 6.45) is 2.36. The minimum Gasteiger partial charge on any atom is -0.455 e. The molecule has 38 heavy (non-hydrogen) atoms. The topological polar surface area (TPSA) is 99.2 Å². The molecule has 0 spiro atoms. The van der Waals surface area contributed by atoms with Crippen molar-refractivity contribution in [3.05, 3.63) is 74.4 Å². The van der Waals surface area contributed by atoms with Gasteiger partial charge in [-0.15, -0.1) is 0 Å². The smallest absolute Gasteiger partial charge is 0.359 e. The molecule has 0 saturated carbocycles. The number of fused-ring (bicyclic) bond motifs is 1. The van der Waals surface area contributed by atoms with Crippen LogP contribution in [0.15, 0.2) is 45.9 Å². The first-order valence-corrected chi connectivity index (χ1v) is 12.2. The maximum Gasteiger partial charge on any atom is 0.359 e. The van der Waals surface area contributed by atoms with Gasteiger partial charge in [0.1, 0.15) is 22.1 Å². The van der Waals surface area contributed by atoms with Crippen LogP contribution in [0.2, 0.25) is 5.15 Å². The Morgan fingerprint density at radius 2 is 1.92 bits per heavy atom. The highest BCUT2D eigenvalue weighted by atomic mass is 35.5. The van der Waals surface area contributed by atoms with Crippen molar-refractivity contribution in [1.82, 2.24) is 14.8 Å². The molecule has 1 atom stereocenters. The van der Waals surface area contributed by atoms with Gasteiger partial charge in [-0.25, -0.2) is 14.5 Å². The molecule has 0 amide bonds. The number of carbonyl (C=O) groups is 1. The van der Waals surface area contributed by atoms with Gasteiger partial charge in [0.05, 0.1) is 28.9 Å².